The lowest BCUT2D eigenvalue weighted by atomic mass is 10.2. The largest absolute Gasteiger partial charge is 0.494 e. The van der Waals surface area contributed by atoms with Gasteiger partial charge in [-0.25, -0.2) is 4.39 Å². The summed E-state index contributed by atoms with van der Waals surface area (Å²) in [5.74, 6) is -0.604. The minimum Gasteiger partial charge on any atom is -0.494 e. The summed E-state index contributed by atoms with van der Waals surface area (Å²) < 4.78 is 35.6. The van der Waals surface area contributed by atoms with E-state index >= 15 is 0 Å². The molecule has 0 aliphatic heterocycles. The van der Waals surface area contributed by atoms with E-state index in [-0.39, 0.29) is 17.4 Å². The Labute approximate surface area is 135 Å². The van der Waals surface area contributed by atoms with Crippen molar-refractivity contribution in [2.24, 2.45) is 0 Å². The number of rotatable bonds is 6. The highest BCUT2D eigenvalue weighted by molar-refractivity contribution is 7.85. The van der Waals surface area contributed by atoms with Crippen molar-refractivity contribution < 1.29 is 22.7 Å². The van der Waals surface area contributed by atoms with Crippen molar-refractivity contribution in [1.29, 1.82) is 0 Å². The van der Waals surface area contributed by atoms with Gasteiger partial charge in [-0.15, -0.1) is 0 Å². The molecule has 0 bridgehead atoms. The third-order valence-corrected chi connectivity index (χ3v) is 4.78. The van der Waals surface area contributed by atoms with Gasteiger partial charge in [0.05, 0.1) is 12.8 Å². The maximum absolute atomic E-state index is 13.6. The average Bonchev–Trinajstić information content (AvgIpc) is 2.91. The van der Waals surface area contributed by atoms with E-state index in [2.05, 4.69) is 10.5 Å². The van der Waals surface area contributed by atoms with Gasteiger partial charge in [0.1, 0.15) is 5.25 Å². The molecule has 0 saturated carbocycles. The van der Waals surface area contributed by atoms with Gasteiger partial charge < -0.3 is 9.26 Å². The number of hydrogen-bond acceptors (Lipinski definition) is 5. The van der Waals surface area contributed by atoms with Gasteiger partial charge in [0.15, 0.2) is 11.6 Å². The van der Waals surface area contributed by atoms with Gasteiger partial charge in [0.25, 0.3) is 0 Å². The SMILES string of the molecule is COc1ccc(CS(=O)C(C)C(=O)Nc2cc(C)no2)cc1F. The molecule has 0 aliphatic rings. The van der Waals surface area contributed by atoms with Crippen molar-refractivity contribution in [3.05, 3.63) is 41.3 Å². The summed E-state index contributed by atoms with van der Waals surface area (Å²) in [4.78, 5) is 12.0. The quantitative estimate of drug-likeness (QED) is 0.873. The minimum absolute atomic E-state index is 0.0604. The zero-order valence-electron chi connectivity index (χ0n) is 13.0. The second kappa shape index (κ2) is 7.36. The first kappa shape index (κ1) is 17.1. The normalized spacial score (nSPS) is 13.4. The Morgan fingerprint density at radius 3 is 2.78 bits per heavy atom. The maximum Gasteiger partial charge on any atom is 0.242 e. The Kier molecular flexibility index (Phi) is 5.49. The summed E-state index contributed by atoms with van der Waals surface area (Å²) in [6.07, 6.45) is 0. The Bertz CT molecular complexity index is 732. The number of aromatic nitrogens is 1. The van der Waals surface area contributed by atoms with E-state index in [0.29, 0.717) is 11.3 Å². The molecular weight excluding hydrogens is 323 g/mol. The van der Waals surface area contributed by atoms with Crippen LogP contribution in [-0.2, 0) is 21.3 Å². The molecule has 1 aromatic heterocycles. The fourth-order valence-corrected chi connectivity index (χ4v) is 2.91. The summed E-state index contributed by atoms with van der Waals surface area (Å²) in [7, 11) is -0.142. The number of amides is 1. The molecule has 1 aromatic carbocycles. The molecule has 2 atom stereocenters. The summed E-state index contributed by atoms with van der Waals surface area (Å²) in [6.45, 7) is 3.26. The highest BCUT2D eigenvalue weighted by Crippen LogP contribution is 2.19. The maximum atomic E-state index is 13.6. The van der Waals surface area contributed by atoms with Gasteiger partial charge in [-0.3, -0.25) is 14.3 Å². The summed E-state index contributed by atoms with van der Waals surface area (Å²) >= 11 is 0. The van der Waals surface area contributed by atoms with Crippen molar-refractivity contribution in [2.75, 3.05) is 12.4 Å². The van der Waals surface area contributed by atoms with Crippen LogP contribution in [0.2, 0.25) is 0 Å². The van der Waals surface area contributed by atoms with Crippen LogP contribution in [0.15, 0.2) is 28.8 Å². The number of carbonyl (C=O) groups excluding carboxylic acids is 1. The number of nitrogens with zero attached hydrogens (tertiary/aromatic N) is 1. The number of aryl methyl sites for hydroxylation is 1. The van der Waals surface area contributed by atoms with Crippen LogP contribution in [0.4, 0.5) is 10.3 Å². The molecule has 1 heterocycles. The van der Waals surface area contributed by atoms with Crippen LogP contribution in [0.1, 0.15) is 18.2 Å². The van der Waals surface area contributed by atoms with E-state index in [1.54, 1.807) is 19.1 Å². The van der Waals surface area contributed by atoms with E-state index in [0.717, 1.165) is 0 Å². The number of ether oxygens (including phenoxy) is 1. The number of benzene rings is 1. The Morgan fingerprint density at radius 1 is 1.48 bits per heavy atom. The van der Waals surface area contributed by atoms with Crippen LogP contribution in [0.5, 0.6) is 5.75 Å². The molecule has 2 aromatic rings. The molecule has 124 valence electrons. The molecule has 0 fully saturated rings. The summed E-state index contributed by atoms with van der Waals surface area (Å²) in [5.41, 5.74) is 1.15. The van der Waals surface area contributed by atoms with Crippen molar-refractivity contribution in [3.8, 4) is 5.75 Å². The molecule has 6 nitrogen and oxygen atoms in total. The van der Waals surface area contributed by atoms with Gasteiger partial charge >= 0.3 is 0 Å². The van der Waals surface area contributed by atoms with Crippen LogP contribution >= 0.6 is 0 Å². The lowest BCUT2D eigenvalue weighted by Crippen LogP contribution is -2.29. The molecule has 2 unspecified atom stereocenters. The fraction of sp³-hybridized carbons (Fsp3) is 0.333. The predicted molar refractivity (Wildman–Crippen MR) is 84.1 cm³/mol. The summed E-state index contributed by atoms with van der Waals surface area (Å²) in [5, 5.41) is 5.37. The van der Waals surface area contributed by atoms with Crippen molar-refractivity contribution >= 4 is 22.6 Å². The molecule has 2 rings (SSSR count). The topological polar surface area (TPSA) is 81.4 Å². The first-order valence-corrected chi connectivity index (χ1v) is 8.22. The van der Waals surface area contributed by atoms with Gasteiger partial charge in [0.2, 0.25) is 11.8 Å². The smallest absolute Gasteiger partial charge is 0.242 e. The van der Waals surface area contributed by atoms with Gasteiger partial charge in [-0.1, -0.05) is 11.2 Å². The van der Waals surface area contributed by atoms with Crippen molar-refractivity contribution in [1.82, 2.24) is 5.16 Å². The second-order valence-electron chi connectivity index (χ2n) is 4.96. The molecule has 0 saturated heterocycles. The van der Waals surface area contributed by atoms with Crippen molar-refractivity contribution in [3.63, 3.8) is 0 Å². The molecule has 0 aliphatic carbocycles. The molecular formula is C15H17FN2O4S. The fourth-order valence-electron chi connectivity index (χ4n) is 1.85. The molecule has 23 heavy (non-hydrogen) atoms. The number of carbonyl (C=O) groups is 1. The summed E-state index contributed by atoms with van der Waals surface area (Å²) in [6, 6.07) is 5.89. The van der Waals surface area contributed by atoms with Crippen LogP contribution in [-0.4, -0.2) is 27.6 Å². The van der Waals surface area contributed by atoms with E-state index in [1.165, 1.54) is 26.2 Å². The third-order valence-electron chi connectivity index (χ3n) is 3.16. The van der Waals surface area contributed by atoms with E-state index in [9.17, 15) is 13.4 Å². The minimum atomic E-state index is -1.51. The third kappa shape index (κ3) is 4.38. The standard InChI is InChI=1S/C15H17FN2O4S/c1-9-6-14(22-18-9)17-15(19)10(2)23(20)8-11-4-5-13(21-3)12(16)7-11/h4-7,10H,8H2,1-3H3,(H,17,19). The number of anilines is 1. The molecule has 0 radical (unpaired) electrons. The molecule has 8 heteroatoms. The van der Waals surface area contributed by atoms with Gasteiger partial charge in [0, 0.05) is 22.6 Å². The predicted octanol–water partition coefficient (Wildman–Crippen LogP) is 2.41. The number of halogens is 1. The van der Waals surface area contributed by atoms with Crippen LogP contribution in [0.3, 0.4) is 0 Å². The van der Waals surface area contributed by atoms with Crippen LogP contribution < -0.4 is 10.1 Å². The molecule has 1 N–H and O–H groups in total. The van der Waals surface area contributed by atoms with E-state index in [1.807, 2.05) is 0 Å². The lowest BCUT2D eigenvalue weighted by Gasteiger charge is -2.11. The van der Waals surface area contributed by atoms with Crippen molar-refractivity contribution in [2.45, 2.75) is 24.9 Å². The first-order valence-electron chi connectivity index (χ1n) is 6.84. The monoisotopic (exact) mass is 340 g/mol. The molecule has 1 amide bonds. The van der Waals surface area contributed by atoms with Gasteiger partial charge in [-0.05, 0) is 31.5 Å². The zero-order chi connectivity index (χ0) is 17.0. The lowest BCUT2D eigenvalue weighted by molar-refractivity contribution is -0.115. The number of hydrogen-bond donors (Lipinski definition) is 1. The first-order chi connectivity index (χ1) is 10.9. The zero-order valence-corrected chi connectivity index (χ0v) is 13.8. The second-order valence-corrected chi connectivity index (χ2v) is 6.72. The van der Waals surface area contributed by atoms with E-state index in [4.69, 9.17) is 9.26 Å². The Balaban J connectivity index is 1.99. The number of nitrogens with one attached hydrogen (secondary N) is 1. The van der Waals surface area contributed by atoms with Gasteiger partial charge in [-0.2, -0.15) is 0 Å². The Morgan fingerprint density at radius 2 is 2.22 bits per heavy atom. The van der Waals surface area contributed by atoms with Crippen LogP contribution in [0.25, 0.3) is 0 Å². The highest BCUT2D eigenvalue weighted by Gasteiger charge is 2.22. The Hall–Kier alpha value is -2.22. The van der Waals surface area contributed by atoms with E-state index < -0.39 is 27.8 Å². The average molecular weight is 340 g/mol. The molecule has 0 spiro atoms. The number of methoxy groups -OCH3 is 1. The highest BCUT2D eigenvalue weighted by atomic mass is 32.2. The van der Waals surface area contributed by atoms with Crippen LogP contribution in [0, 0.1) is 12.7 Å².